The van der Waals surface area contributed by atoms with Crippen LogP contribution in [0.3, 0.4) is 0 Å². The first-order chi connectivity index (χ1) is 13.5. The van der Waals surface area contributed by atoms with Gasteiger partial charge in [0.15, 0.2) is 0 Å². The number of hydrogen-bond acceptors (Lipinski definition) is 5. The van der Waals surface area contributed by atoms with Crippen LogP contribution in [0.5, 0.6) is 5.88 Å². The quantitative estimate of drug-likeness (QED) is 0.251. The van der Waals surface area contributed by atoms with E-state index in [2.05, 4.69) is 15.0 Å². The van der Waals surface area contributed by atoms with Crippen molar-refractivity contribution in [3.05, 3.63) is 63.5 Å². The highest BCUT2D eigenvalue weighted by atomic mass is 19.4. The van der Waals surface area contributed by atoms with Crippen molar-refractivity contribution in [1.29, 1.82) is 5.26 Å². The molecule has 0 radical (unpaired) electrons. The predicted molar refractivity (Wildman–Crippen MR) is 93.6 cm³/mol. The van der Waals surface area contributed by atoms with Gasteiger partial charge in [0.25, 0.3) is 0 Å². The van der Waals surface area contributed by atoms with Gasteiger partial charge in [-0.1, -0.05) is 30.3 Å². The average molecular weight is 391 g/mol. The van der Waals surface area contributed by atoms with E-state index in [1.165, 1.54) is 6.07 Å². The van der Waals surface area contributed by atoms with Crippen molar-refractivity contribution in [2.45, 2.75) is 25.6 Å². The molecule has 0 aliphatic heterocycles. The zero-order valence-electron chi connectivity index (χ0n) is 14.7. The lowest BCUT2D eigenvalue weighted by Crippen LogP contribution is -2.10. The summed E-state index contributed by atoms with van der Waals surface area (Å²) in [6.45, 7) is 1.04. The Hall–Kier alpha value is -3.28. The summed E-state index contributed by atoms with van der Waals surface area (Å²) in [6.07, 6.45) is -3.65. The minimum absolute atomic E-state index is 0.0978. The average Bonchev–Trinajstić information content (AvgIpc) is 2.67. The van der Waals surface area contributed by atoms with Gasteiger partial charge in [-0.25, -0.2) is 4.98 Å². The first-order valence-corrected chi connectivity index (χ1v) is 8.27. The molecule has 0 saturated heterocycles. The molecule has 28 heavy (non-hydrogen) atoms. The molecule has 0 bridgehead atoms. The van der Waals surface area contributed by atoms with Crippen molar-refractivity contribution < 1.29 is 22.6 Å². The van der Waals surface area contributed by atoms with Gasteiger partial charge in [-0.3, -0.25) is 0 Å². The third-order valence-corrected chi connectivity index (χ3v) is 3.58. The van der Waals surface area contributed by atoms with Crippen LogP contribution >= 0.6 is 0 Å². The van der Waals surface area contributed by atoms with Gasteiger partial charge in [-0.05, 0) is 29.1 Å². The number of unbranched alkanes of at least 4 members (excludes halogenated alkanes) is 1. The smallest absolute Gasteiger partial charge is 0.417 e. The zero-order valence-corrected chi connectivity index (χ0v) is 14.7. The van der Waals surface area contributed by atoms with Gasteiger partial charge in [0.05, 0.1) is 24.3 Å². The topological polar surface area (TPSA) is 104 Å². The van der Waals surface area contributed by atoms with Gasteiger partial charge in [0, 0.05) is 17.6 Å². The van der Waals surface area contributed by atoms with Crippen LogP contribution in [0.1, 0.15) is 29.5 Å². The van der Waals surface area contributed by atoms with Gasteiger partial charge in [0.1, 0.15) is 11.9 Å². The summed E-state index contributed by atoms with van der Waals surface area (Å²) in [6, 6.07) is 11.6. The van der Waals surface area contributed by atoms with Crippen LogP contribution in [-0.2, 0) is 17.5 Å². The molecule has 0 unspecified atom stereocenters. The molecule has 0 aliphatic rings. The summed E-state index contributed by atoms with van der Waals surface area (Å²) >= 11 is 0. The van der Waals surface area contributed by atoms with Gasteiger partial charge < -0.3 is 9.47 Å². The SMILES string of the molecule is N#Cc1c(C(F)(F)F)cc(OCCCCOCc2ccccc2)nc1N=[N+]=[N-]. The molecular formula is C18H16F3N5O2. The number of aromatic nitrogens is 1. The van der Waals surface area contributed by atoms with E-state index < -0.39 is 23.1 Å². The zero-order chi connectivity index (χ0) is 20.4. The van der Waals surface area contributed by atoms with Crippen LogP contribution in [-0.4, -0.2) is 18.2 Å². The monoisotopic (exact) mass is 391 g/mol. The second-order valence-electron chi connectivity index (χ2n) is 5.60. The van der Waals surface area contributed by atoms with Crippen molar-refractivity contribution in [2.75, 3.05) is 13.2 Å². The first kappa shape index (κ1) is 21.0. The van der Waals surface area contributed by atoms with Crippen LogP contribution in [0, 0.1) is 11.3 Å². The fourth-order valence-corrected chi connectivity index (χ4v) is 2.28. The van der Waals surface area contributed by atoms with Crippen LogP contribution in [0.2, 0.25) is 0 Å². The van der Waals surface area contributed by atoms with E-state index in [1.54, 1.807) is 0 Å². The lowest BCUT2D eigenvalue weighted by Gasteiger charge is -2.13. The minimum atomic E-state index is -4.81. The standard InChI is InChI=1S/C18H16F3N5O2/c19-18(20,21)15-10-16(24-17(25-26-23)14(15)11-22)28-9-5-4-8-27-12-13-6-2-1-3-7-13/h1-3,6-7,10H,4-5,8-9,12H2. The van der Waals surface area contributed by atoms with Crippen LogP contribution in [0.4, 0.5) is 19.0 Å². The Labute approximate surface area is 159 Å². The highest BCUT2D eigenvalue weighted by Gasteiger charge is 2.36. The Morgan fingerprint density at radius 3 is 2.54 bits per heavy atom. The summed E-state index contributed by atoms with van der Waals surface area (Å²) in [5.74, 6) is -1.03. The minimum Gasteiger partial charge on any atom is -0.478 e. The molecule has 7 nitrogen and oxygen atoms in total. The number of halogens is 3. The maximum Gasteiger partial charge on any atom is 0.417 e. The number of alkyl halides is 3. The molecule has 0 amide bonds. The Morgan fingerprint density at radius 1 is 1.18 bits per heavy atom. The van der Waals surface area contributed by atoms with Crippen molar-refractivity contribution in [3.8, 4) is 11.9 Å². The molecule has 146 valence electrons. The molecule has 0 fully saturated rings. The van der Waals surface area contributed by atoms with Crippen molar-refractivity contribution in [3.63, 3.8) is 0 Å². The van der Waals surface area contributed by atoms with E-state index in [1.807, 2.05) is 30.3 Å². The summed E-state index contributed by atoms with van der Waals surface area (Å²) in [5, 5.41) is 12.0. The Balaban J connectivity index is 1.89. The number of ether oxygens (including phenoxy) is 2. The predicted octanol–water partition coefficient (Wildman–Crippen LogP) is 5.29. The lowest BCUT2D eigenvalue weighted by molar-refractivity contribution is -0.137. The molecule has 2 rings (SSSR count). The fourth-order valence-electron chi connectivity index (χ4n) is 2.28. The van der Waals surface area contributed by atoms with Crippen LogP contribution in [0.15, 0.2) is 41.5 Å². The molecular weight excluding hydrogens is 375 g/mol. The molecule has 2 aromatic rings. The third-order valence-electron chi connectivity index (χ3n) is 3.58. The van der Waals surface area contributed by atoms with Crippen LogP contribution < -0.4 is 4.74 Å². The number of nitriles is 1. The second kappa shape index (κ2) is 10.2. The Morgan fingerprint density at radius 2 is 1.89 bits per heavy atom. The molecule has 0 saturated carbocycles. The molecule has 0 spiro atoms. The normalized spacial score (nSPS) is 10.8. The highest BCUT2D eigenvalue weighted by Crippen LogP contribution is 2.37. The summed E-state index contributed by atoms with van der Waals surface area (Å²) in [5.41, 5.74) is 7.43. The molecule has 10 heteroatoms. The number of rotatable bonds is 9. The van der Waals surface area contributed by atoms with E-state index >= 15 is 0 Å². The number of benzene rings is 1. The van der Waals surface area contributed by atoms with Gasteiger partial charge >= 0.3 is 6.18 Å². The first-order valence-electron chi connectivity index (χ1n) is 8.27. The number of pyridine rings is 1. The lowest BCUT2D eigenvalue weighted by atomic mass is 10.1. The fraction of sp³-hybridized carbons (Fsp3) is 0.333. The van der Waals surface area contributed by atoms with E-state index in [4.69, 9.17) is 20.3 Å². The molecule has 0 N–H and O–H groups in total. The summed E-state index contributed by atoms with van der Waals surface area (Å²) < 4.78 is 50.1. The van der Waals surface area contributed by atoms with Crippen molar-refractivity contribution in [1.82, 2.24) is 4.98 Å². The van der Waals surface area contributed by atoms with Crippen molar-refractivity contribution in [2.24, 2.45) is 5.11 Å². The summed E-state index contributed by atoms with van der Waals surface area (Å²) in [4.78, 5) is 6.09. The number of azide groups is 1. The van der Waals surface area contributed by atoms with Crippen molar-refractivity contribution >= 4 is 5.82 Å². The van der Waals surface area contributed by atoms with Crippen LogP contribution in [0.25, 0.3) is 10.4 Å². The second-order valence-corrected chi connectivity index (χ2v) is 5.60. The number of nitrogens with zero attached hydrogens (tertiary/aromatic N) is 5. The van der Waals surface area contributed by atoms with E-state index in [0.29, 0.717) is 32.1 Å². The highest BCUT2D eigenvalue weighted by molar-refractivity contribution is 5.55. The van der Waals surface area contributed by atoms with Gasteiger partial charge in [-0.2, -0.15) is 18.4 Å². The Bertz CT molecular complexity index is 875. The molecule has 1 aromatic heterocycles. The third kappa shape index (κ3) is 6.16. The molecule has 0 aliphatic carbocycles. The summed E-state index contributed by atoms with van der Waals surface area (Å²) in [7, 11) is 0. The van der Waals surface area contributed by atoms with E-state index in [0.717, 1.165) is 5.56 Å². The Kier molecular flexibility index (Phi) is 7.63. The van der Waals surface area contributed by atoms with Gasteiger partial charge in [-0.15, -0.1) is 0 Å². The maximum atomic E-state index is 13.1. The largest absolute Gasteiger partial charge is 0.478 e. The van der Waals surface area contributed by atoms with Gasteiger partial charge in [0.2, 0.25) is 5.88 Å². The number of hydrogen-bond donors (Lipinski definition) is 0. The molecule has 1 heterocycles. The maximum absolute atomic E-state index is 13.1. The molecule has 0 atom stereocenters. The van der Waals surface area contributed by atoms with E-state index in [-0.39, 0.29) is 12.5 Å². The molecule has 1 aromatic carbocycles. The van der Waals surface area contributed by atoms with E-state index in [9.17, 15) is 13.2 Å².